The highest BCUT2D eigenvalue weighted by molar-refractivity contribution is 7.98. The zero-order valence-corrected chi connectivity index (χ0v) is 18.8. The lowest BCUT2D eigenvalue weighted by atomic mass is 10.2. The monoisotopic (exact) mass is 483 g/mol. The number of hydrogen-bond acceptors (Lipinski definition) is 7. The van der Waals surface area contributed by atoms with Gasteiger partial charge >= 0.3 is 5.69 Å². The molecule has 0 fully saturated rings. The fourth-order valence-electron chi connectivity index (χ4n) is 3.25. The van der Waals surface area contributed by atoms with Crippen LogP contribution in [0.1, 0.15) is 11.1 Å². The minimum absolute atomic E-state index is 0.192. The first-order chi connectivity index (χ1) is 16.0. The van der Waals surface area contributed by atoms with E-state index in [1.54, 1.807) is 18.2 Å². The lowest BCUT2D eigenvalue weighted by Crippen LogP contribution is -2.32. The first-order valence-electron chi connectivity index (χ1n) is 10.0. The molecule has 1 aliphatic rings. The molecule has 1 aliphatic heterocycles. The van der Waals surface area contributed by atoms with E-state index < -0.39 is 5.69 Å². The molecule has 1 amide bonds. The second-order valence-electron chi connectivity index (χ2n) is 7.26. The number of fused-ring (bicyclic) bond motifs is 2. The maximum absolute atomic E-state index is 12.7. The zero-order valence-electron chi connectivity index (χ0n) is 17.2. The van der Waals surface area contributed by atoms with Gasteiger partial charge in [0.25, 0.3) is 0 Å². The van der Waals surface area contributed by atoms with Crippen LogP contribution in [0.2, 0.25) is 5.02 Å². The van der Waals surface area contributed by atoms with Gasteiger partial charge in [0, 0.05) is 17.3 Å². The van der Waals surface area contributed by atoms with Crippen LogP contribution < -0.4 is 20.5 Å². The molecular weight excluding hydrogens is 466 g/mol. The van der Waals surface area contributed by atoms with Gasteiger partial charge in [-0.15, -0.1) is 5.10 Å². The highest BCUT2D eigenvalue weighted by Gasteiger charge is 2.15. The summed E-state index contributed by atoms with van der Waals surface area (Å²) >= 11 is 7.41. The van der Waals surface area contributed by atoms with E-state index >= 15 is 0 Å². The summed E-state index contributed by atoms with van der Waals surface area (Å²) < 4.78 is 12.9. The highest BCUT2D eigenvalue weighted by Crippen LogP contribution is 2.32. The fraction of sp³-hybridized carbons (Fsp3) is 0.182. The lowest BCUT2D eigenvalue weighted by molar-refractivity contribution is -0.122. The average molecular weight is 484 g/mol. The topological polar surface area (TPSA) is 99.8 Å². The van der Waals surface area contributed by atoms with Gasteiger partial charge in [0.1, 0.15) is 11.6 Å². The molecule has 9 nitrogen and oxygen atoms in total. The summed E-state index contributed by atoms with van der Waals surface area (Å²) in [6, 6.07) is 16.5. The first kappa shape index (κ1) is 21.4. The molecule has 4 aromatic rings. The predicted octanol–water partition coefficient (Wildman–Crippen LogP) is 2.88. The van der Waals surface area contributed by atoms with Gasteiger partial charge in [-0.3, -0.25) is 4.79 Å². The van der Waals surface area contributed by atoms with Crippen LogP contribution in [-0.2, 0) is 23.6 Å². The number of aromatic nitrogens is 4. The number of nitrogens with zero attached hydrogens (tertiary/aromatic N) is 4. The molecule has 2 aromatic heterocycles. The van der Waals surface area contributed by atoms with E-state index in [1.165, 1.54) is 16.3 Å². The minimum atomic E-state index is -0.475. The van der Waals surface area contributed by atoms with E-state index in [1.807, 2.05) is 36.4 Å². The number of hydrogen-bond donors (Lipinski definition) is 1. The van der Waals surface area contributed by atoms with Crippen molar-refractivity contribution in [3.63, 3.8) is 0 Å². The van der Waals surface area contributed by atoms with Crippen LogP contribution in [0.4, 0.5) is 0 Å². The number of amides is 1. The largest absolute Gasteiger partial charge is 0.454 e. The van der Waals surface area contributed by atoms with Crippen molar-refractivity contribution in [2.75, 3.05) is 6.79 Å². The molecule has 5 rings (SSSR count). The van der Waals surface area contributed by atoms with Crippen molar-refractivity contribution in [2.45, 2.75) is 23.9 Å². The number of halogens is 1. The van der Waals surface area contributed by atoms with Gasteiger partial charge in [0.2, 0.25) is 12.7 Å². The Morgan fingerprint density at radius 3 is 2.67 bits per heavy atom. The maximum atomic E-state index is 12.7. The average Bonchev–Trinajstić information content (AvgIpc) is 3.41. The number of nitrogens with one attached hydrogen (secondary N) is 1. The van der Waals surface area contributed by atoms with E-state index in [9.17, 15) is 9.59 Å². The molecule has 0 radical (unpaired) electrons. The molecule has 0 bridgehead atoms. The lowest BCUT2D eigenvalue weighted by Gasteiger charge is -2.06. The van der Waals surface area contributed by atoms with Crippen molar-refractivity contribution in [1.29, 1.82) is 0 Å². The van der Waals surface area contributed by atoms with Crippen LogP contribution in [0.5, 0.6) is 11.5 Å². The molecule has 2 aromatic carbocycles. The van der Waals surface area contributed by atoms with Crippen molar-refractivity contribution in [3.8, 4) is 11.5 Å². The molecule has 0 atom stereocenters. The molecule has 0 saturated carbocycles. The second kappa shape index (κ2) is 9.16. The minimum Gasteiger partial charge on any atom is -0.454 e. The standard InChI is InChI=1S/C22H18ClN5O4S/c23-16-4-1-14(2-5-16)12-33-21-8-7-19-25-27(22(30)28(19)26-21)11-20(29)24-10-15-3-6-17-18(9-15)32-13-31-17/h1-9H,10-13H2,(H,24,29). The molecule has 3 heterocycles. The molecular formula is C22H18ClN5O4S. The Hall–Kier alpha value is -3.50. The van der Waals surface area contributed by atoms with Gasteiger partial charge in [-0.05, 0) is 47.5 Å². The quantitative estimate of drug-likeness (QED) is 0.403. The third-order valence-corrected chi connectivity index (χ3v) is 6.18. The summed E-state index contributed by atoms with van der Waals surface area (Å²) in [7, 11) is 0. The number of ether oxygens (including phenoxy) is 2. The normalized spacial score (nSPS) is 12.3. The Kier molecular flexibility index (Phi) is 5.93. The fourth-order valence-corrected chi connectivity index (χ4v) is 4.19. The zero-order chi connectivity index (χ0) is 22.8. The predicted molar refractivity (Wildman–Crippen MR) is 123 cm³/mol. The smallest absolute Gasteiger partial charge is 0.367 e. The molecule has 168 valence electrons. The Bertz CT molecular complexity index is 1390. The summed E-state index contributed by atoms with van der Waals surface area (Å²) in [5, 5.41) is 12.7. The van der Waals surface area contributed by atoms with Crippen LogP contribution in [0, 0.1) is 0 Å². The molecule has 0 unspecified atom stereocenters. The number of benzene rings is 2. The molecule has 33 heavy (non-hydrogen) atoms. The van der Waals surface area contributed by atoms with E-state index in [0.29, 0.717) is 39.5 Å². The SMILES string of the molecule is O=C(Cn1nc2ccc(SCc3ccc(Cl)cc3)nn2c1=O)NCc1ccc2c(c1)OCO2. The molecule has 0 aliphatic carbocycles. The van der Waals surface area contributed by atoms with Crippen LogP contribution >= 0.6 is 23.4 Å². The van der Waals surface area contributed by atoms with Gasteiger partial charge < -0.3 is 14.8 Å². The third kappa shape index (κ3) is 4.81. The van der Waals surface area contributed by atoms with E-state index in [-0.39, 0.29) is 19.2 Å². The Labute approximate surface area is 197 Å². The van der Waals surface area contributed by atoms with Gasteiger partial charge in [-0.25, -0.2) is 9.48 Å². The summed E-state index contributed by atoms with van der Waals surface area (Å²) in [6.07, 6.45) is 0. The summed E-state index contributed by atoms with van der Waals surface area (Å²) in [5.41, 5.74) is 1.85. The van der Waals surface area contributed by atoms with Crippen molar-refractivity contribution in [1.82, 2.24) is 24.7 Å². The summed E-state index contributed by atoms with van der Waals surface area (Å²) in [4.78, 5) is 25.1. The van der Waals surface area contributed by atoms with Gasteiger partial charge in [-0.1, -0.05) is 41.6 Å². The van der Waals surface area contributed by atoms with E-state index in [4.69, 9.17) is 21.1 Å². The highest BCUT2D eigenvalue weighted by atomic mass is 35.5. The van der Waals surface area contributed by atoms with Gasteiger partial charge in [-0.2, -0.15) is 9.61 Å². The second-order valence-corrected chi connectivity index (χ2v) is 8.69. The number of rotatable bonds is 7. The molecule has 0 spiro atoms. The van der Waals surface area contributed by atoms with Gasteiger partial charge in [0.15, 0.2) is 17.1 Å². The summed E-state index contributed by atoms with van der Waals surface area (Å²) in [5.74, 6) is 1.67. The Balaban J connectivity index is 1.22. The molecule has 0 saturated heterocycles. The molecule has 11 heteroatoms. The number of carbonyl (C=O) groups is 1. The Morgan fingerprint density at radius 2 is 1.82 bits per heavy atom. The van der Waals surface area contributed by atoms with Crippen molar-refractivity contribution in [3.05, 3.63) is 81.2 Å². The third-order valence-electron chi connectivity index (χ3n) is 4.94. The van der Waals surface area contributed by atoms with Crippen molar-refractivity contribution in [2.24, 2.45) is 0 Å². The van der Waals surface area contributed by atoms with Crippen LogP contribution in [0.15, 0.2) is 64.4 Å². The van der Waals surface area contributed by atoms with Crippen LogP contribution in [0.25, 0.3) is 5.65 Å². The first-order valence-corrected chi connectivity index (χ1v) is 11.4. The van der Waals surface area contributed by atoms with Crippen LogP contribution in [-0.4, -0.2) is 32.1 Å². The summed E-state index contributed by atoms with van der Waals surface area (Å²) in [6.45, 7) is 0.276. The number of thioether (sulfide) groups is 1. The van der Waals surface area contributed by atoms with E-state index in [2.05, 4.69) is 15.5 Å². The maximum Gasteiger partial charge on any atom is 0.367 e. The number of carbonyl (C=O) groups excluding carboxylic acids is 1. The van der Waals surface area contributed by atoms with Crippen molar-refractivity contribution >= 4 is 34.9 Å². The Morgan fingerprint density at radius 1 is 1.03 bits per heavy atom. The van der Waals surface area contributed by atoms with Gasteiger partial charge in [0.05, 0.1) is 0 Å². The van der Waals surface area contributed by atoms with E-state index in [0.717, 1.165) is 15.8 Å². The molecule has 1 N–H and O–H groups in total. The van der Waals surface area contributed by atoms with Crippen LogP contribution in [0.3, 0.4) is 0 Å². The van der Waals surface area contributed by atoms with Crippen molar-refractivity contribution < 1.29 is 14.3 Å².